The van der Waals surface area contributed by atoms with E-state index in [9.17, 15) is 29.4 Å². The first kappa shape index (κ1) is 27.0. The van der Waals surface area contributed by atoms with E-state index in [-0.39, 0.29) is 19.4 Å². The zero-order valence-electron chi connectivity index (χ0n) is 18.1. The van der Waals surface area contributed by atoms with Crippen LogP contribution in [0.2, 0.25) is 0 Å². The minimum atomic E-state index is -1.32. The monoisotopic (exact) mass is 451 g/mol. The zero-order valence-corrected chi connectivity index (χ0v) is 18.1. The van der Waals surface area contributed by atoms with Crippen LogP contribution in [0, 0.1) is 0 Å². The van der Waals surface area contributed by atoms with E-state index in [0.717, 1.165) is 5.56 Å². The van der Waals surface area contributed by atoms with E-state index >= 15 is 0 Å². The van der Waals surface area contributed by atoms with Gasteiger partial charge in [-0.25, -0.2) is 4.79 Å². The van der Waals surface area contributed by atoms with Crippen molar-refractivity contribution < 1.29 is 29.4 Å². The van der Waals surface area contributed by atoms with E-state index < -0.39 is 47.9 Å². The van der Waals surface area contributed by atoms with Gasteiger partial charge in [-0.15, -0.1) is 0 Å². The van der Waals surface area contributed by atoms with Crippen LogP contribution in [-0.4, -0.2) is 71.2 Å². The number of nitrogens with two attached hydrogens (primary N) is 2. The van der Waals surface area contributed by atoms with Gasteiger partial charge in [0.05, 0.1) is 12.6 Å². The molecule has 0 aliphatic heterocycles. The molecular weight excluding hydrogens is 418 g/mol. The number of carboxylic acid groups (broad SMARTS) is 1. The second-order valence-corrected chi connectivity index (χ2v) is 7.42. The van der Waals surface area contributed by atoms with Gasteiger partial charge < -0.3 is 37.6 Å². The Hall–Kier alpha value is -3.02. The number of nitrogens with one attached hydrogen (secondary N) is 3. The molecule has 1 rings (SSSR count). The van der Waals surface area contributed by atoms with Crippen LogP contribution in [0.25, 0.3) is 0 Å². The van der Waals surface area contributed by atoms with E-state index in [1.165, 1.54) is 6.92 Å². The van der Waals surface area contributed by atoms with Crippen molar-refractivity contribution in [1.82, 2.24) is 16.0 Å². The average Bonchev–Trinajstić information content (AvgIpc) is 2.76. The molecule has 0 bridgehead atoms. The third kappa shape index (κ3) is 9.41. The molecule has 3 amide bonds. The minimum Gasteiger partial charge on any atom is -0.480 e. The predicted octanol–water partition coefficient (Wildman–Crippen LogP) is -1.76. The van der Waals surface area contributed by atoms with Crippen molar-refractivity contribution in [2.75, 3.05) is 13.1 Å². The Morgan fingerprint density at radius 1 is 0.938 bits per heavy atom. The number of aliphatic hydroxyl groups is 1. The molecule has 1 aromatic rings. The van der Waals surface area contributed by atoms with Gasteiger partial charge in [-0.3, -0.25) is 14.4 Å². The summed E-state index contributed by atoms with van der Waals surface area (Å²) in [5.41, 5.74) is 11.5. The zero-order chi connectivity index (χ0) is 24.1. The lowest BCUT2D eigenvalue weighted by molar-refractivity contribution is -0.142. The number of rotatable bonds is 14. The molecule has 0 heterocycles. The highest BCUT2D eigenvalue weighted by Crippen LogP contribution is 2.07. The topological polar surface area (TPSA) is 197 Å². The molecule has 4 atom stereocenters. The van der Waals surface area contributed by atoms with Gasteiger partial charge in [-0.2, -0.15) is 0 Å². The van der Waals surface area contributed by atoms with Gasteiger partial charge in [0.15, 0.2) is 0 Å². The highest BCUT2D eigenvalue weighted by Gasteiger charge is 2.31. The second kappa shape index (κ2) is 14.1. The third-order valence-corrected chi connectivity index (χ3v) is 4.74. The highest BCUT2D eigenvalue weighted by atomic mass is 16.4. The summed E-state index contributed by atoms with van der Waals surface area (Å²) in [6.45, 7) is 1.32. The van der Waals surface area contributed by atoms with Crippen LogP contribution in [0.4, 0.5) is 0 Å². The molecule has 0 saturated carbocycles. The Morgan fingerprint density at radius 2 is 1.56 bits per heavy atom. The van der Waals surface area contributed by atoms with E-state index in [1.807, 2.05) is 0 Å². The molecule has 178 valence electrons. The second-order valence-electron chi connectivity index (χ2n) is 7.42. The van der Waals surface area contributed by atoms with Gasteiger partial charge in [0, 0.05) is 6.42 Å². The maximum atomic E-state index is 12.9. The lowest BCUT2D eigenvalue weighted by Gasteiger charge is -2.25. The molecule has 0 saturated heterocycles. The molecule has 0 fully saturated rings. The number of unbranched alkanes of at least 4 members (excludes halogenated alkanes) is 1. The first-order chi connectivity index (χ1) is 15.2. The average molecular weight is 452 g/mol. The lowest BCUT2D eigenvalue weighted by atomic mass is 10.0. The van der Waals surface area contributed by atoms with Gasteiger partial charge in [-0.05, 0) is 38.3 Å². The van der Waals surface area contributed by atoms with E-state index in [1.54, 1.807) is 30.3 Å². The van der Waals surface area contributed by atoms with Gasteiger partial charge in [0.1, 0.15) is 18.1 Å². The quantitative estimate of drug-likeness (QED) is 0.161. The summed E-state index contributed by atoms with van der Waals surface area (Å²) in [5, 5.41) is 26.7. The largest absolute Gasteiger partial charge is 0.480 e. The molecule has 0 aliphatic rings. The van der Waals surface area contributed by atoms with Crippen molar-refractivity contribution in [3.05, 3.63) is 35.9 Å². The number of benzene rings is 1. The van der Waals surface area contributed by atoms with Crippen LogP contribution in [0.3, 0.4) is 0 Å². The molecule has 0 radical (unpaired) electrons. The highest BCUT2D eigenvalue weighted by molar-refractivity contribution is 5.93. The number of amides is 3. The summed E-state index contributed by atoms with van der Waals surface area (Å²) in [6, 6.07) is 5.20. The summed E-state index contributed by atoms with van der Waals surface area (Å²) in [5.74, 6) is -3.34. The van der Waals surface area contributed by atoms with Crippen molar-refractivity contribution in [3.8, 4) is 0 Å². The van der Waals surface area contributed by atoms with Crippen LogP contribution in [0.1, 0.15) is 31.7 Å². The Labute approximate surface area is 186 Å². The molecule has 32 heavy (non-hydrogen) atoms. The fourth-order valence-electron chi connectivity index (χ4n) is 2.98. The number of hydrogen-bond acceptors (Lipinski definition) is 7. The molecule has 0 aromatic heterocycles. The Kier molecular flexibility index (Phi) is 11.9. The molecule has 11 heteroatoms. The van der Waals surface area contributed by atoms with E-state index in [4.69, 9.17) is 11.5 Å². The van der Waals surface area contributed by atoms with Crippen molar-refractivity contribution in [2.24, 2.45) is 11.5 Å². The predicted molar refractivity (Wildman–Crippen MR) is 117 cm³/mol. The van der Waals surface area contributed by atoms with Gasteiger partial charge in [-0.1, -0.05) is 30.3 Å². The van der Waals surface area contributed by atoms with Crippen LogP contribution >= 0.6 is 0 Å². The van der Waals surface area contributed by atoms with Crippen molar-refractivity contribution in [2.45, 2.75) is 56.8 Å². The standard InChI is InChI=1S/C21H33N5O6/c1-13(27)18(26-17(28)12-23)20(30)24-15(9-5-6-10-22)19(29)25-16(21(31)32)11-14-7-3-2-4-8-14/h2-4,7-8,13,15-16,18,27H,5-6,9-12,22-23H2,1H3,(H,24,30)(H,25,29)(H,26,28)(H,31,32). The Morgan fingerprint density at radius 3 is 2.09 bits per heavy atom. The number of aliphatic hydroxyl groups excluding tert-OH is 1. The third-order valence-electron chi connectivity index (χ3n) is 4.74. The fraction of sp³-hybridized carbons (Fsp3) is 0.524. The minimum absolute atomic E-state index is 0.0637. The summed E-state index contributed by atoms with van der Waals surface area (Å²) in [4.78, 5) is 48.8. The number of carbonyl (C=O) groups is 4. The van der Waals surface area contributed by atoms with E-state index in [2.05, 4.69) is 16.0 Å². The van der Waals surface area contributed by atoms with Gasteiger partial charge >= 0.3 is 5.97 Å². The fourth-order valence-corrected chi connectivity index (χ4v) is 2.98. The van der Waals surface area contributed by atoms with Crippen molar-refractivity contribution >= 4 is 23.7 Å². The lowest BCUT2D eigenvalue weighted by Crippen LogP contribution is -2.58. The molecule has 0 spiro atoms. The van der Waals surface area contributed by atoms with Crippen molar-refractivity contribution in [1.29, 1.82) is 0 Å². The van der Waals surface area contributed by atoms with Crippen molar-refractivity contribution in [3.63, 3.8) is 0 Å². The molecule has 9 N–H and O–H groups in total. The number of aliphatic carboxylic acids is 1. The van der Waals surface area contributed by atoms with Crippen LogP contribution < -0.4 is 27.4 Å². The first-order valence-corrected chi connectivity index (χ1v) is 10.4. The maximum Gasteiger partial charge on any atom is 0.326 e. The summed E-state index contributed by atoms with van der Waals surface area (Å²) in [6.07, 6.45) is 0.108. The van der Waals surface area contributed by atoms with Crippen LogP contribution in [-0.2, 0) is 25.6 Å². The Bertz CT molecular complexity index is 758. The first-order valence-electron chi connectivity index (χ1n) is 10.4. The maximum absolute atomic E-state index is 12.9. The molecular formula is C21H33N5O6. The molecule has 4 unspecified atom stereocenters. The number of carboxylic acids is 1. The number of hydrogen-bond donors (Lipinski definition) is 7. The molecule has 1 aromatic carbocycles. The normalized spacial score (nSPS) is 14.5. The number of carbonyl (C=O) groups excluding carboxylic acids is 3. The van der Waals surface area contributed by atoms with Crippen LogP contribution in [0.15, 0.2) is 30.3 Å². The summed E-state index contributed by atoms with van der Waals surface area (Å²) in [7, 11) is 0. The van der Waals surface area contributed by atoms with Gasteiger partial charge in [0.25, 0.3) is 0 Å². The molecule has 0 aliphatic carbocycles. The molecule has 11 nitrogen and oxygen atoms in total. The summed E-state index contributed by atoms with van der Waals surface area (Å²) < 4.78 is 0. The smallest absolute Gasteiger partial charge is 0.326 e. The Balaban J connectivity index is 2.94. The van der Waals surface area contributed by atoms with E-state index in [0.29, 0.717) is 19.4 Å². The SMILES string of the molecule is CC(O)C(NC(=O)CN)C(=O)NC(CCCCN)C(=O)NC(Cc1ccccc1)C(=O)O. The van der Waals surface area contributed by atoms with Gasteiger partial charge in [0.2, 0.25) is 17.7 Å². The summed E-state index contributed by atoms with van der Waals surface area (Å²) >= 11 is 0. The van der Waals surface area contributed by atoms with Crippen LogP contribution in [0.5, 0.6) is 0 Å².